The van der Waals surface area contributed by atoms with Crippen molar-refractivity contribution < 1.29 is 14.3 Å². The molecule has 2 aromatic carbocycles. The second kappa shape index (κ2) is 9.01. The van der Waals surface area contributed by atoms with Crippen molar-refractivity contribution in [3.05, 3.63) is 77.3 Å². The summed E-state index contributed by atoms with van der Waals surface area (Å²) in [5.41, 5.74) is 3.45. The normalized spacial score (nSPS) is 12.8. The molecule has 164 valence electrons. The van der Waals surface area contributed by atoms with Crippen LogP contribution in [0.1, 0.15) is 0 Å². The van der Waals surface area contributed by atoms with Gasteiger partial charge in [-0.2, -0.15) is 0 Å². The first-order valence-corrected chi connectivity index (χ1v) is 11.3. The van der Waals surface area contributed by atoms with Gasteiger partial charge in [-0.15, -0.1) is 11.3 Å². The van der Waals surface area contributed by atoms with Gasteiger partial charge < -0.3 is 10.1 Å². The Balaban J connectivity index is 1.40. The number of ether oxygens (including phenoxy) is 1. The zero-order valence-corrected chi connectivity index (χ0v) is 18.8. The fourth-order valence-electron chi connectivity index (χ4n) is 3.46. The van der Waals surface area contributed by atoms with Gasteiger partial charge in [0.2, 0.25) is 5.91 Å². The maximum Gasteiger partial charge on any atom is 0.265 e. The van der Waals surface area contributed by atoms with E-state index in [0.717, 1.165) is 22.0 Å². The number of hydrogen-bond acceptors (Lipinski definition) is 6. The number of hydrogen-bond donors (Lipinski definition) is 1. The third kappa shape index (κ3) is 4.57. The van der Waals surface area contributed by atoms with Gasteiger partial charge in [-0.3, -0.25) is 19.5 Å². The highest BCUT2D eigenvalue weighted by molar-refractivity contribution is 7.13. The van der Waals surface area contributed by atoms with Crippen LogP contribution in [0.25, 0.3) is 22.0 Å². The third-order valence-corrected chi connectivity index (χ3v) is 6.10. The third-order valence-electron chi connectivity index (χ3n) is 5.00. The first kappa shape index (κ1) is 21.1. The molecule has 0 spiro atoms. The predicted molar refractivity (Wildman–Crippen MR) is 129 cm³/mol. The van der Waals surface area contributed by atoms with Crippen LogP contribution >= 0.6 is 22.9 Å². The number of rotatable bonds is 5. The molecule has 0 atom stereocenters. The van der Waals surface area contributed by atoms with Crippen LogP contribution < -0.4 is 15.0 Å². The molecule has 0 saturated heterocycles. The minimum atomic E-state index is -0.338. The molecule has 5 rings (SSSR count). The van der Waals surface area contributed by atoms with Crippen LogP contribution in [0.2, 0.25) is 5.02 Å². The number of amides is 2. The minimum absolute atomic E-state index is 0.128. The summed E-state index contributed by atoms with van der Waals surface area (Å²) in [5.74, 6) is -0.0996. The molecule has 7 nitrogen and oxygen atoms in total. The van der Waals surface area contributed by atoms with Gasteiger partial charge in [-0.25, -0.2) is 4.98 Å². The van der Waals surface area contributed by atoms with E-state index in [1.165, 1.54) is 16.2 Å². The standard InChI is InChI=1S/C24H17ClN4O3S/c25-16-4-3-5-17(11-16)27-22(30)12-29-20-10-15(7-8-21(20)32-13-23(29)31)19-14-33-24(28-19)18-6-1-2-9-26-18/h1-11,14H,12-13H2,(H,27,30). The summed E-state index contributed by atoms with van der Waals surface area (Å²) in [7, 11) is 0. The Hall–Kier alpha value is -3.75. The van der Waals surface area contributed by atoms with Crippen molar-refractivity contribution >= 4 is 46.1 Å². The predicted octanol–water partition coefficient (Wildman–Crippen LogP) is 4.89. The van der Waals surface area contributed by atoms with Crippen LogP contribution in [0.4, 0.5) is 11.4 Å². The Kier molecular flexibility index (Phi) is 5.77. The molecule has 0 bridgehead atoms. The van der Waals surface area contributed by atoms with E-state index in [4.69, 9.17) is 16.3 Å². The number of aromatic nitrogens is 2. The average molecular weight is 477 g/mol. The Morgan fingerprint density at radius 2 is 2.03 bits per heavy atom. The summed E-state index contributed by atoms with van der Waals surface area (Å²) in [4.78, 5) is 35.7. The van der Waals surface area contributed by atoms with E-state index in [1.54, 1.807) is 36.5 Å². The van der Waals surface area contributed by atoms with E-state index in [0.29, 0.717) is 22.1 Å². The molecular formula is C24H17ClN4O3S. The zero-order valence-electron chi connectivity index (χ0n) is 17.2. The summed E-state index contributed by atoms with van der Waals surface area (Å²) in [6.07, 6.45) is 1.73. The highest BCUT2D eigenvalue weighted by Gasteiger charge is 2.28. The number of fused-ring (bicyclic) bond motifs is 1. The lowest BCUT2D eigenvalue weighted by Crippen LogP contribution is -2.43. The fourth-order valence-corrected chi connectivity index (χ4v) is 4.45. The van der Waals surface area contributed by atoms with Crippen LogP contribution in [0, 0.1) is 0 Å². The monoisotopic (exact) mass is 476 g/mol. The summed E-state index contributed by atoms with van der Waals surface area (Å²) in [6, 6.07) is 18.0. The molecule has 0 radical (unpaired) electrons. The number of anilines is 2. The van der Waals surface area contributed by atoms with Gasteiger partial charge in [0.15, 0.2) is 6.61 Å². The number of thiazole rings is 1. The van der Waals surface area contributed by atoms with Gasteiger partial charge in [0.1, 0.15) is 17.3 Å². The van der Waals surface area contributed by atoms with Crippen molar-refractivity contribution in [1.82, 2.24) is 9.97 Å². The quantitative estimate of drug-likeness (QED) is 0.443. The van der Waals surface area contributed by atoms with Gasteiger partial charge in [0.25, 0.3) is 5.91 Å². The van der Waals surface area contributed by atoms with Crippen molar-refractivity contribution in [1.29, 1.82) is 0 Å². The lowest BCUT2D eigenvalue weighted by molar-refractivity contribution is -0.123. The number of carbonyl (C=O) groups excluding carboxylic acids is 2. The van der Waals surface area contributed by atoms with Gasteiger partial charge >= 0.3 is 0 Å². The molecule has 9 heteroatoms. The smallest absolute Gasteiger partial charge is 0.265 e. The molecule has 2 amide bonds. The SMILES string of the molecule is O=C(CN1C(=O)COc2ccc(-c3csc(-c4ccccn4)n3)cc21)Nc1cccc(Cl)c1. The van der Waals surface area contributed by atoms with Gasteiger partial charge in [0.05, 0.1) is 17.1 Å². The Morgan fingerprint density at radius 1 is 1.12 bits per heavy atom. The molecule has 0 saturated carbocycles. The molecule has 4 aromatic rings. The Bertz CT molecular complexity index is 1340. The Labute approximate surface area is 198 Å². The number of halogens is 1. The van der Waals surface area contributed by atoms with Crippen LogP contribution in [0.3, 0.4) is 0 Å². The molecule has 0 unspecified atom stereocenters. The van der Waals surface area contributed by atoms with Crippen LogP contribution in [0.5, 0.6) is 5.75 Å². The average Bonchev–Trinajstić information content (AvgIpc) is 3.32. The first-order valence-electron chi connectivity index (χ1n) is 10.1. The van der Waals surface area contributed by atoms with Gasteiger partial charge in [0, 0.05) is 27.9 Å². The van der Waals surface area contributed by atoms with Crippen molar-refractivity contribution in [2.45, 2.75) is 0 Å². The summed E-state index contributed by atoms with van der Waals surface area (Å²) in [6.45, 7) is -0.279. The van der Waals surface area contributed by atoms with Crippen molar-refractivity contribution in [2.75, 3.05) is 23.4 Å². The van der Waals surface area contributed by atoms with Crippen LogP contribution in [0.15, 0.2) is 72.2 Å². The second-order valence-electron chi connectivity index (χ2n) is 7.26. The number of carbonyl (C=O) groups is 2. The number of pyridine rings is 1. The molecule has 3 heterocycles. The maximum atomic E-state index is 12.7. The number of nitrogens with one attached hydrogen (secondary N) is 1. The summed E-state index contributed by atoms with van der Waals surface area (Å²) in [5, 5.41) is 6.02. The molecule has 1 aliphatic rings. The van der Waals surface area contributed by atoms with Crippen molar-refractivity contribution in [2.24, 2.45) is 0 Å². The second-order valence-corrected chi connectivity index (χ2v) is 8.56. The van der Waals surface area contributed by atoms with E-state index in [9.17, 15) is 9.59 Å². The fraction of sp³-hybridized carbons (Fsp3) is 0.0833. The van der Waals surface area contributed by atoms with Crippen LogP contribution in [-0.2, 0) is 9.59 Å². The minimum Gasteiger partial charge on any atom is -0.482 e. The van der Waals surface area contributed by atoms with E-state index >= 15 is 0 Å². The van der Waals surface area contributed by atoms with Crippen molar-refractivity contribution in [3.8, 4) is 27.7 Å². The first-order chi connectivity index (χ1) is 16.1. The van der Waals surface area contributed by atoms with E-state index < -0.39 is 0 Å². The van der Waals surface area contributed by atoms with Gasteiger partial charge in [-0.05, 0) is 48.5 Å². The number of benzene rings is 2. The molecule has 1 N–H and O–H groups in total. The highest BCUT2D eigenvalue weighted by Crippen LogP contribution is 2.37. The lowest BCUT2D eigenvalue weighted by Gasteiger charge is -2.29. The molecule has 0 aliphatic carbocycles. The highest BCUT2D eigenvalue weighted by atomic mass is 35.5. The molecule has 33 heavy (non-hydrogen) atoms. The molecule has 1 aliphatic heterocycles. The molecule has 2 aromatic heterocycles. The lowest BCUT2D eigenvalue weighted by atomic mass is 10.1. The van der Waals surface area contributed by atoms with Crippen molar-refractivity contribution in [3.63, 3.8) is 0 Å². The molecule has 0 fully saturated rings. The van der Waals surface area contributed by atoms with Crippen LogP contribution in [-0.4, -0.2) is 34.9 Å². The largest absolute Gasteiger partial charge is 0.482 e. The van der Waals surface area contributed by atoms with E-state index in [1.807, 2.05) is 35.7 Å². The zero-order chi connectivity index (χ0) is 22.8. The summed E-state index contributed by atoms with van der Waals surface area (Å²) < 4.78 is 5.58. The summed E-state index contributed by atoms with van der Waals surface area (Å²) >= 11 is 7.47. The molecular weight excluding hydrogens is 460 g/mol. The maximum absolute atomic E-state index is 12.7. The topological polar surface area (TPSA) is 84.4 Å². The van der Waals surface area contributed by atoms with E-state index in [2.05, 4.69) is 15.3 Å². The number of nitrogens with zero attached hydrogens (tertiary/aromatic N) is 3. The van der Waals surface area contributed by atoms with Gasteiger partial charge in [-0.1, -0.05) is 23.7 Å². The Morgan fingerprint density at radius 3 is 2.85 bits per heavy atom. The van der Waals surface area contributed by atoms with E-state index in [-0.39, 0.29) is 25.0 Å².